The van der Waals surface area contributed by atoms with Crippen LogP contribution in [0.25, 0.3) is 10.8 Å². The fraction of sp³-hybridized carbons (Fsp3) is 0.367. The largest absolute Gasteiger partial charge is 0.508 e. The third-order valence-electron chi connectivity index (χ3n) is 6.54. The number of benzene rings is 3. The first-order valence-corrected chi connectivity index (χ1v) is 13.0. The summed E-state index contributed by atoms with van der Waals surface area (Å²) >= 11 is 0. The number of carbonyl (C=O) groups excluding carboxylic acids is 3. The standard InChI is InChI=1S/C30H34N2O8/c1-30(2,3)40-29(37)32-14-6-9-25(23(17-32)31-27(35)18-10-12-20(33)13-11-18)39-28(36)22-15-19-7-5-8-24(34)21(19)16-26(22)38-4/h5,7-8,10-13,15-16,23,25,33-34H,6,9,14,17H2,1-4H3,(H,31,35)/t23-,25-/m1/s1. The third-order valence-corrected chi connectivity index (χ3v) is 6.54. The summed E-state index contributed by atoms with van der Waals surface area (Å²) in [5.74, 6) is -0.810. The van der Waals surface area contributed by atoms with E-state index >= 15 is 0 Å². The highest BCUT2D eigenvalue weighted by molar-refractivity contribution is 6.00. The lowest BCUT2D eigenvalue weighted by Gasteiger charge is -2.30. The molecule has 3 aromatic rings. The summed E-state index contributed by atoms with van der Waals surface area (Å²) in [5.41, 5.74) is -0.245. The van der Waals surface area contributed by atoms with Gasteiger partial charge in [0, 0.05) is 24.0 Å². The molecule has 212 valence electrons. The molecule has 3 N–H and O–H groups in total. The molecule has 10 heteroatoms. The van der Waals surface area contributed by atoms with Gasteiger partial charge in [0.15, 0.2) is 0 Å². The number of methoxy groups -OCH3 is 1. The second-order valence-electron chi connectivity index (χ2n) is 10.7. The lowest BCUT2D eigenvalue weighted by molar-refractivity contribution is 0.0125. The average molecular weight is 551 g/mol. The van der Waals surface area contributed by atoms with Gasteiger partial charge in [-0.05, 0) is 81.5 Å². The van der Waals surface area contributed by atoms with E-state index in [2.05, 4.69) is 5.32 Å². The van der Waals surface area contributed by atoms with Crippen molar-refractivity contribution in [2.75, 3.05) is 20.2 Å². The molecule has 1 aliphatic heterocycles. The molecule has 0 aromatic heterocycles. The van der Waals surface area contributed by atoms with Crippen LogP contribution in [-0.4, -0.2) is 71.0 Å². The van der Waals surface area contributed by atoms with E-state index in [9.17, 15) is 24.6 Å². The number of amides is 2. The Morgan fingerprint density at radius 1 is 1.02 bits per heavy atom. The Hall–Kier alpha value is -4.47. The molecule has 40 heavy (non-hydrogen) atoms. The SMILES string of the molecule is COc1cc2c(O)cccc2cc1C(=O)O[C@@H]1CCCN(C(=O)OC(C)(C)C)C[C@H]1NC(=O)c1ccc(O)cc1. The first-order valence-electron chi connectivity index (χ1n) is 13.0. The molecule has 3 aromatic carbocycles. The van der Waals surface area contributed by atoms with E-state index in [0.717, 1.165) is 0 Å². The lowest BCUT2D eigenvalue weighted by atomic mass is 10.0. The van der Waals surface area contributed by atoms with Crippen LogP contribution in [0.5, 0.6) is 17.2 Å². The van der Waals surface area contributed by atoms with Crippen molar-refractivity contribution in [3.63, 3.8) is 0 Å². The van der Waals surface area contributed by atoms with Crippen LogP contribution in [0.1, 0.15) is 54.3 Å². The number of hydrogen-bond acceptors (Lipinski definition) is 8. The van der Waals surface area contributed by atoms with Gasteiger partial charge in [-0.3, -0.25) is 4.79 Å². The van der Waals surface area contributed by atoms with Crippen LogP contribution in [0.3, 0.4) is 0 Å². The zero-order chi connectivity index (χ0) is 29.0. The molecule has 0 saturated carbocycles. The Kier molecular flexibility index (Phi) is 8.37. The Morgan fingerprint density at radius 3 is 2.42 bits per heavy atom. The van der Waals surface area contributed by atoms with Crippen LogP contribution in [0.4, 0.5) is 4.79 Å². The zero-order valence-electron chi connectivity index (χ0n) is 23.0. The molecule has 0 unspecified atom stereocenters. The summed E-state index contributed by atoms with van der Waals surface area (Å²) in [4.78, 5) is 41.0. The molecule has 0 bridgehead atoms. The molecule has 4 rings (SSSR count). The van der Waals surface area contributed by atoms with Gasteiger partial charge in [-0.1, -0.05) is 12.1 Å². The highest BCUT2D eigenvalue weighted by atomic mass is 16.6. The second-order valence-corrected chi connectivity index (χ2v) is 10.7. The maximum absolute atomic E-state index is 13.5. The number of rotatable bonds is 5. The maximum atomic E-state index is 13.5. The van der Waals surface area contributed by atoms with Crippen molar-refractivity contribution in [1.29, 1.82) is 0 Å². The number of phenolic OH excluding ortho intramolecular Hbond substituents is 2. The monoisotopic (exact) mass is 550 g/mol. The van der Waals surface area contributed by atoms with Crippen LogP contribution < -0.4 is 10.1 Å². The minimum Gasteiger partial charge on any atom is -0.508 e. The van der Waals surface area contributed by atoms with Gasteiger partial charge in [0.05, 0.1) is 13.2 Å². The van der Waals surface area contributed by atoms with Gasteiger partial charge in [-0.15, -0.1) is 0 Å². The minimum absolute atomic E-state index is 0.0200. The van der Waals surface area contributed by atoms with E-state index in [-0.39, 0.29) is 29.4 Å². The number of nitrogens with one attached hydrogen (secondary N) is 1. The molecule has 1 aliphatic rings. The fourth-order valence-corrected chi connectivity index (χ4v) is 4.59. The molecule has 0 aliphatic carbocycles. The number of hydrogen-bond donors (Lipinski definition) is 3. The highest BCUT2D eigenvalue weighted by Crippen LogP contribution is 2.32. The minimum atomic E-state index is -0.773. The summed E-state index contributed by atoms with van der Waals surface area (Å²) in [7, 11) is 1.42. The summed E-state index contributed by atoms with van der Waals surface area (Å²) in [6, 6.07) is 13.1. The highest BCUT2D eigenvalue weighted by Gasteiger charge is 2.35. The first-order chi connectivity index (χ1) is 18.9. The molecular weight excluding hydrogens is 516 g/mol. The molecule has 1 saturated heterocycles. The molecule has 0 radical (unpaired) electrons. The Labute approximate surface area is 232 Å². The summed E-state index contributed by atoms with van der Waals surface area (Å²) in [6.07, 6.45) is -0.418. The van der Waals surface area contributed by atoms with Crippen LogP contribution in [0, 0.1) is 0 Å². The first kappa shape index (κ1) is 28.5. The van der Waals surface area contributed by atoms with Crippen molar-refractivity contribution in [2.24, 2.45) is 0 Å². The normalized spacial score (nSPS) is 17.6. The molecular formula is C30H34N2O8. The van der Waals surface area contributed by atoms with Gasteiger partial charge in [0.25, 0.3) is 5.91 Å². The van der Waals surface area contributed by atoms with Crippen LogP contribution >= 0.6 is 0 Å². The van der Waals surface area contributed by atoms with E-state index in [0.29, 0.717) is 35.7 Å². The van der Waals surface area contributed by atoms with Crippen molar-refractivity contribution in [3.05, 3.63) is 65.7 Å². The fourth-order valence-electron chi connectivity index (χ4n) is 4.59. The smallest absolute Gasteiger partial charge is 0.410 e. The molecule has 1 fully saturated rings. The molecule has 10 nitrogen and oxygen atoms in total. The predicted octanol–water partition coefficient (Wildman–Crippen LogP) is 4.61. The molecule has 0 spiro atoms. The number of esters is 1. The van der Waals surface area contributed by atoms with Crippen molar-refractivity contribution in [1.82, 2.24) is 10.2 Å². The Morgan fingerprint density at radius 2 is 1.75 bits per heavy atom. The number of likely N-dealkylation sites (tertiary alicyclic amines) is 1. The van der Waals surface area contributed by atoms with Crippen molar-refractivity contribution in [3.8, 4) is 17.2 Å². The number of nitrogens with zero attached hydrogens (tertiary/aromatic N) is 1. The Bertz CT molecular complexity index is 1400. The summed E-state index contributed by atoms with van der Waals surface area (Å²) < 4.78 is 16.9. The number of ether oxygens (including phenoxy) is 3. The van der Waals surface area contributed by atoms with Gasteiger partial charge in [-0.25, -0.2) is 9.59 Å². The average Bonchev–Trinajstić information content (AvgIpc) is 3.09. The van der Waals surface area contributed by atoms with Gasteiger partial charge >= 0.3 is 12.1 Å². The number of carbonyl (C=O) groups is 3. The zero-order valence-corrected chi connectivity index (χ0v) is 23.0. The van der Waals surface area contributed by atoms with E-state index in [1.165, 1.54) is 36.3 Å². The molecule has 1 heterocycles. The topological polar surface area (TPSA) is 135 Å². The quantitative estimate of drug-likeness (QED) is 0.392. The predicted molar refractivity (Wildman–Crippen MR) is 148 cm³/mol. The number of phenols is 2. The van der Waals surface area contributed by atoms with Crippen molar-refractivity contribution < 1.29 is 38.8 Å². The summed E-state index contributed by atoms with van der Waals surface area (Å²) in [6.45, 7) is 5.72. The Balaban J connectivity index is 1.61. The lowest BCUT2D eigenvalue weighted by Crippen LogP contribution is -2.51. The van der Waals surface area contributed by atoms with Crippen LogP contribution in [0.2, 0.25) is 0 Å². The van der Waals surface area contributed by atoms with Gasteiger partial charge in [0.1, 0.15) is 34.5 Å². The van der Waals surface area contributed by atoms with Gasteiger partial charge < -0.3 is 34.6 Å². The molecule has 2 amide bonds. The van der Waals surface area contributed by atoms with E-state index in [4.69, 9.17) is 14.2 Å². The van der Waals surface area contributed by atoms with Gasteiger partial charge in [0.2, 0.25) is 0 Å². The van der Waals surface area contributed by atoms with Crippen molar-refractivity contribution in [2.45, 2.75) is 51.4 Å². The van der Waals surface area contributed by atoms with E-state index in [1.54, 1.807) is 51.1 Å². The van der Waals surface area contributed by atoms with Crippen LogP contribution in [-0.2, 0) is 9.47 Å². The maximum Gasteiger partial charge on any atom is 0.410 e. The third kappa shape index (κ3) is 6.74. The summed E-state index contributed by atoms with van der Waals surface area (Å²) in [5, 5.41) is 23.9. The van der Waals surface area contributed by atoms with E-state index < -0.39 is 35.7 Å². The van der Waals surface area contributed by atoms with Gasteiger partial charge in [-0.2, -0.15) is 0 Å². The van der Waals surface area contributed by atoms with Crippen LogP contribution in [0.15, 0.2) is 54.6 Å². The number of fused-ring (bicyclic) bond motifs is 1. The second kappa shape index (κ2) is 11.7. The number of aromatic hydroxyl groups is 2. The molecule has 2 atom stereocenters. The van der Waals surface area contributed by atoms with Crippen molar-refractivity contribution >= 4 is 28.7 Å². The van der Waals surface area contributed by atoms with E-state index in [1.807, 2.05) is 0 Å².